The molecule has 0 bridgehead atoms. The minimum atomic E-state index is -0.500. The molecule has 0 spiro atoms. The molecule has 0 aromatic heterocycles. The van der Waals surface area contributed by atoms with E-state index in [9.17, 15) is 9.18 Å². The maximum Gasteiger partial charge on any atom is 0.312 e. The zero-order chi connectivity index (χ0) is 18.6. The lowest BCUT2D eigenvalue weighted by Gasteiger charge is -2.40. The third-order valence-electron chi connectivity index (χ3n) is 5.50. The largest absolute Gasteiger partial charge is 0.466 e. The molecule has 1 aromatic rings. The Hall–Kier alpha value is -1.95. The van der Waals surface area contributed by atoms with Gasteiger partial charge in [-0.3, -0.25) is 4.79 Å². The molecule has 2 heterocycles. The van der Waals surface area contributed by atoms with Crippen molar-refractivity contribution in [3.63, 3.8) is 0 Å². The maximum absolute atomic E-state index is 13.1. The molecule has 6 heteroatoms. The molecule has 2 aliphatic rings. The van der Waals surface area contributed by atoms with Crippen LogP contribution in [0.15, 0.2) is 29.4 Å². The second kappa shape index (κ2) is 8.16. The number of halogens is 1. The molecule has 1 saturated heterocycles. The van der Waals surface area contributed by atoms with Crippen molar-refractivity contribution in [2.45, 2.75) is 45.6 Å². The second-order valence-electron chi connectivity index (χ2n) is 7.12. The fourth-order valence-corrected chi connectivity index (χ4v) is 3.86. The smallest absolute Gasteiger partial charge is 0.312 e. The van der Waals surface area contributed by atoms with E-state index in [-0.39, 0.29) is 17.9 Å². The monoisotopic (exact) mass is 362 g/mol. The van der Waals surface area contributed by atoms with Crippen LogP contribution in [0.3, 0.4) is 0 Å². The minimum absolute atomic E-state index is 0.116. The molecule has 0 radical (unpaired) electrons. The van der Waals surface area contributed by atoms with Gasteiger partial charge in [0.15, 0.2) is 0 Å². The van der Waals surface area contributed by atoms with Gasteiger partial charge in [-0.15, -0.1) is 0 Å². The Kier molecular flexibility index (Phi) is 5.91. The Morgan fingerprint density at radius 1 is 1.31 bits per heavy atom. The summed E-state index contributed by atoms with van der Waals surface area (Å²) < 4.78 is 18.5. The second-order valence-corrected chi connectivity index (χ2v) is 7.12. The fraction of sp³-hybridized carbons (Fsp3) is 0.600. The van der Waals surface area contributed by atoms with Crippen molar-refractivity contribution in [1.82, 2.24) is 4.90 Å². The van der Waals surface area contributed by atoms with E-state index < -0.39 is 5.41 Å². The molecule has 2 aliphatic heterocycles. The zero-order valence-electron chi connectivity index (χ0n) is 15.5. The zero-order valence-corrected chi connectivity index (χ0v) is 15.5. The minimum Gasteiger partial charge on any atom is -0.466 e. The van der Waals surface area contributed by atoms with E-state index in [0.29, 0.717) is 19.4 Å². The predicted molar refractivity (Wildman–Crippen MR) is 97.5 cm³/mol. The number of hydrogen-bond donors (Lipinski definition) is 0. The quantitative estimate of drug-likeness (QED) is 0.728. The summed E-state index contributed by atoms with van der Waals surface area (Å²) in [5, 5.41) is 4.18. The van der Waals surface area contributed by atoms with Crippen LogP contribution in [0.5, 0.6) is 0 Å². The van der Waals surface area contributed by atoms with Crippen LogP contribution >= 0.6 is 0 Å². The first-order valence-corrected chi connectivity index (χ1v) is 9.44. The summed E-state index contributed by atoms with van der Waals surface area (Å²) in [6, 6.07) is 6.26. The number of carbonyl (C=O) groups excluding carboxylic acids is 1. The molecule has 0 aliphatic carbocycles. The highest BCUT2D eigenvalue weighted by Crippen LogP contribution is 2.40. The van der Waals surface area contributed by atoms with Crippen molar-refractivity contribution in [1.29, 1.82) is 0 Å². The van der Waals surface area contributed by atoms with Crippen molar-refractivity contribution in [3.05, 3.63) is 35.6 Å². The van der Waals surface area contributed by atoms with Crippen LogP contribution in [0.1, 0.15) is 45.1 Å². The van der Waals surface area contributed by atoms with E-state index in [1.165, 1.54) is 12.1 Å². The molecule has 142 valence electrons. The molecule has 26 heavy (non-hydrogen) atoms. The summed E-state index contributed by atoms with van der Waals surface area (Å²) in [5.74, 6) is -0.386. The summed E-state index contributed by atoms with van der Waals surface area (Å²) in [7, 11) is 0. The SMILES string of the molecule is CCOC(=O)C1(CC2CC(c3ccc(F)cc3)=NO2)CCN(CC)CC1. The number of esters is 1. The van der Waals surface area contributed by atoms with Crippen molar-refractivity contribution < 1.29 is 18.8 Å². The van der Waals surface area contributed by atoms with Crippen molar-refractivity contribution >= 4 is 11.7 Å². The van der Waals surface area contributed by atoms with Gasteiger partial charge in [0.05, 0.1) is 17.7 Å². The summed E-state index contributed by atoms with van der Waals surface area (Å²) in [6.07, 6.45) is 2.66. The van der Waals surface area contributed by atoms with Crippen LogP contribution in [0, 0.1) is 11.2 Å². The molecule has 0 N–H and O–H groups in total. The Labute approximate surface area is 154 Å². The normalized spacial score (nSPS) is 22.6. The highest BCUT2D eigenvalue weighted by atomic mass is 19.1. The maximum atomic E-state index is 13.1. The highest BCUT2D eigenvalue weighted by molar-refractivity contribution is 6.01. The summed E-state index contributed by atoms with van der Waals surface area (Å²) in [6.45, 7) is 7.16. The molecule has 1 aromatic carbocycles. The summed E-state index contributed by atoms with van der Waals surface area (Å²) >= 11 is 0. The molecule has 1 fully saturated rings. The van der Waals surface area contributed by atoms with Gasteiger partial charge < -0.3 is 14.5 Å². The first-order chi connectivity index (χ1) is 12.6. The van der Waals surface area contributed by atoms with Gasteiger partial charge in [0.1, 0.15) is 11.9 Å². The van der Waals surface area contributed by atoms with Gasteiger partial charge in [-0.25, -0.2) is 4.39 Å². The number of benzene rings is 1. The van der Waals surface area contributed by atoms with Crippen LogP contribution in [0.25, 0.3) is 0 Å². The van der Waals surface area contributed by atoms with Gasteiger partial charge in [-0.2, -0.15) is 0 Å². The lowest BCUT2D eigenvalue weighted by Crippen LogP contribution is -2.46. The summed E-state index contributed by atoms with van der Waals surface area (Å²) in [5.41, 5.74) is 1.17. The summed E-state index contributed by atoms with van der Waals surface area (Å²) in [4.78, 5) is 20.7. The third-order valence-corrected chi connectivity index (χ3v) is 5.50. The molecule has 0 amide bonds. The van der Waals surface area contributed by atoms with Crippen molar-refractivity contribution in [2.24, 2.45) is 10.6 Å². The Morgan fingerprint density at radius 3 is 2.62 bits per heavy atom. The van der Waals surface area contributed by atoms with E-state index in [1.807, 2.05) is 6.92 Å². The average Bonchev–Trinajstić information content (AvgIpc) is 3.11. The van der Waals surface area contributed by atoms with Crippen molar-refractivity contribution in [3.8, 4) is 0 Å². The van der Waals surface area contributed by atoms with E-state index in [4.69, 9.17) is 9.57 Å². The van der Waals surface area contributed by atoms with Crippen LogP contribution in [-0.4, -0.2) is 48.9 Å². The van der Waals surface area contributed by atoms with Gasteiger partial charge in [0.25, 0.3) is 0 Å². The van der Waals surface area contributed by atoms with Gasteiger partial charge in [0.2, 0.25) is 0 Å². The van der Waals surface area contributed by atoms with Gasteiger partial charge in [-0.05, 0) is 57.1 Å². The average molecular weight is 362 g/mol. The van der Waals surface area contributed by atoms with Crippen molar-refractivity contribution in [2.75, 3.05) is 26.2 Å². The predicted octanol–water partition coefficient (Wildman–Crippen LogP) is 3.37. The van der Waals surface area contributed by atoms with Gasteiger partial charge >= 0.3 is 5.97 Å². The third kappa shape index (κ3) is 4.06. The number of oxime groups is 1. The van der Waals surface area contributed by atoms with E-state index in [0.717, 1.165) is 43.8 Å². The van der Waals surface area contributed by atoms with E-state index >= 15 is 0 Å². The molecule has 5 nitrogen and oxygen atoms in total. The Bertz CT molecular complexity index is 652. The molecular weight excluding hydrogens is 335 g/mol. The molecule has 0 saturated carbocycles. The highest BCUT2D eigenvalue weighted by Gasteiger charge is 2.45. The van der Waals surface area contributed by atoms with Gasteiger partial charge in [-0.1, -0.05) is 24.2 Å². The fourth-order valence-electron chi connectivity index (χ4n) is 3.86. The molecule has 1 unspecified atom stereocenters. The number of piperidine rings is 1. The van der Waals surface area contributed by atoms with E-state index in [2.05, 4.69) is 17.0 Å². The standard InChI is InChI=1S/C20H27FN2O3/c1-3-23-11-9-20(10-12-23,19(24)25-4-2)14-17-13-18(22-26-17)15-5-7-16(21)8-6-15/h5-8,17H,3-4,9-14H2,1-2H3. The topological polar surface area (TPSA) is 51.1 Å². The Morgan fingerprint density at radius 2 is 2.00 bits per heavy atom. The molecular formula is C20H27FN2O3. The van der Waals surface area contributed by atoms with Crippen LogP contribution < -0.4 is 0 Å². The number of ether oxygens (including phenoxy) is 1. The first kappa shape index (κ1) is 18.8. The number of hydrogen-bond acceptors (Lipinski definition) is 5. The number of rotatable bonds is 6. The lowest BCUT2D eigenvalue weighted by molar-refractivity contribution is -0.161. The van der Waals surface area contributed by atoms with Gasteiger partial charge in [0, 0.05) is 12.8 Å². The van der Waals surface area contributed by atoms with E-state index in [1.54, 1.807) is 12.1 Å². The molecule has 1 atom stereocenters. The Balaban J connectivity index is 1.67. The van der Waals surface area contributed by atoms with Crippen LogP contribution in [0.4, 0.5) is 4.39 Å². The van der Waals surface area contributed by atoms with Crippen LogP contribution in [0.2, 0.25) is 0 Å². The lowest BCUT2D eigenvalue weighted by atomic mass is 9.73. The first-order valence-electron chi connectivity index (χ1n) is 9.44. The molecule has 3 rings (SSSR count). The number of carbonyl (C=O) groups is 1. The number of nitrogens with zero attached hydrogens (tertiary/aromatic N) is 2. The van der Waals surface area contributed by atoms with Crippen LogP contribution in [-0.2, 0) is 14.4 Å². The number of likely N-dealkylation sites (tertiary alicyclic amines) is 1.